The Balaban J connectivity index is 1.81. The number of ether oxygens (including phenoxy) is 1. The molecule has 23 heavy (non-hydrogen) atoms. The van der Waals surface area contributed by atoms with Gasteiger partial charge in [-0.05, 0) is 55.9 Å². The van der Waals surface area contributed by atoms with Crippen molar-refractivity contribution in [1.29, 1.82) is 0 Å². The predicted octanol–water partition coefficient (Wildman–Crippen LogP) is 4.07. The van der Waals surface area contributed by atoms with E-state index in [2.05, 4.69) is 11.4 Å². The van der Waals surface area contributed by atoms with E-state index in [1.807, 2.05) is 30.0 Å². The van der Waals surface area contributed by atoms with Crippen molar-refractivity contribution in [2.75, 3.05) is 4.90 Å². The monoisotopic (exact) mass is 328 g/mol. The fourth-order valence-electron chi connectivity index (χ4n) is 3.48. The minimum absolute atomic E-state index is 0.134. The van der Waals surface area contributed by atoms with Crippen LogP contribution in [0.1, 0.15) is 30.5 Å². The summed E-state index contributed by atoms with van der Waals surface area (Å²) < 4.78 is 19.9. The van der Waals surface area contributed by atoms with Crippen LogP contribution in [0.5, 0.6) is 5.75 Å². The molecule has 5 heteroatoms. The Bertz CT molecular complexity index is 809. The fourth-order valence-corrected chi connectivity index (χ4v) is 3.92. The van der Waals surface area contributed by atoms with Crippen LogP contribution in [0.25, 0.3) is 0 Å². The van der Waals surface area contributed by atoms with Crippen molar-refractivity contribution in [3.8, 4) is 5.75 Å². The second-order valence-electron chi connectivity index (χ2n) is 6.29. The topological polar surface area (TPSA) is 24.5 Å². The Kier molecular flexibility index (Phi) is 3.10. The molecule has 0 aliphatic carbocycles. The van der Waals surface area contributed by atoms with E-state index in [0.29, 0.717) is 10.7 Å². The average molecular weight is 328 g/mol. The highest BCUT2D eigenvalue weighted by molar-refractivity contribution is 7.80. The number of thiocarbonyl (C=S) groups is 1. The Morgan fingerprint density at radius 2 is 2.09 bits per heavy atom. The maximum Gasteiger partial charge on any atom is 0.188 e. The summed E-state index contributed by atoms with van der Waals surface area (Å²) in [5.41, 5.74) is 1.96. The number of nitrogens with one attached hydrogen (secondary N) is 1. The van der Waals surface area contributed by atoms with Gasteiger partial charge in [-0.3, -0.25) is 4.90 Å². The Morgan fingerprint density at radius 3 is 2.87 bits per heavy atom. The molecule has 1 saturated heterocycles. The molecule has 3 nitrogen and oxygen atoms in total. The molecule has 2 bridgehead atoms. The number of nitrogens with zero attached hydrogens (tertiary/aromatic N) is 1. The highest BCUT2D eigenvalue weighted by Gasteiger charge is 2.48. The summed E-state index contributed by atoms with van der Waals surface area (Å²) in [6.45, 7) is 3.78. The van der Waals surface area contributed by atoms with Crippen molar-refractivity contribution in [3.63, 3.8) is 0 Å². The number of para-hydroxylation sites is 1. The number of halogens is 1. The first-order valence-corrected chi connectivity index (χ1v) is 8.03. The van der Waals surface area contributed by atoms with E-state index < -0.39 is 5.72 Å². The van der Waals surface area contributed by atoms with Crippen molar-refractivity contribution < 1.29 is 9.13 Å². The van der Waals surface area contributed by atoms with Gasteiger partial charge in [0.05, 0.1) is 6.04 Å². The molecule has 2 aromatic carbocycles. The van der Waals surface area contributed by atoms with E-state index in [0.717, 1.165) is 23.4 Å². The number of aryl methyl sites for hydroxylation is 1. The van der Waals surface area contributed by atoms with E-state index in [9.17, 15) is 4.39 Å². The minimum Gasteiger partial charge on any atom is -0.467 e. The van der Waals surface area contributed by atoms with Crippen LogP contribution in [0.4, 0.5) is 10.1 Å². The van der Waals surface area contributed by atoms with Crippen molar-refractivity contribution in [2.45, 2.75) is 32.0 Å². The van der Waals surface area contributed by atoms with Crippen LogP contribution in [0, 0.1) is 12.7 Å². The van der Waals surface area contributed by atoms with Gasteiger partial charge in [0.25, 0.3) is 0 Å². The second-order valence-corrected chi connectivity index (χ2v) is 6.68. The number of hydrogen-bond acceptors (Lipinski definition) is 2. The summed E-state index contributed by atoms with van der Waals surface area (Å²) in [6.07, 6.45) is 0.764. The number of rotatable bonds is 1. The van der Waals surface area contributed by atoms with Crippen molar-refractivity contribution in [3.05, 3.63) is 59.4 Å². The lowest BCUT2D eigenvalue weighted by atomic mass is 9.90. The zero-order valence-electron chi connectivity index (χ0n) is 13.0. The third kappa shape index (κ3) is 2.18. The van der Waals surface area contributed by atoms with Crippen LogP contribution in [-0.2, 0) is 0 Å². The summed E-state index contributed by atoms with van der Waals surface area (Å²) in [4.78, 5) is 1.95. The minimum atomic E-state index is -0.592. The number of anilines is 1. The molecule has 2 aliphatic heterocycles. The van der Waals surface area contributed by atoms with Crippen LogP contribution in [-0.4, -0.2) is 10.8 Å². The van der Waals surface area contributed by atoms with E-state index in [4.69, 9.17) is 17.0 Å². The highest BCUT2D eigenvalue weighted by Crippen LogP contribution is 2.45. The van der Waals surface area contributed by atoms with Crippen molar-refractivity contribution in [2.24, 2.45) is 0 Å². The summed E-state index contributed by atoms with van der Waals surface area (Å²) in [7, 11) is 0. The van der Waals surface area contributed by atoms with Gasteiger partial charge in [0, 0.05) is 17.7 Å². The van der Waals surface area contributed by atoms with Crippen LogP contribution in [0.3, 0.4) is 0 Å². The second kappa shape index (κ2) is 4.93. The molecule has 2 aliphatic rings. The fraction of sp³-hybridized carbons (Fsp3) is 0.278. The smallest absolute Gasteiger partial charge is 0.188 e. The van der Waals surface area contributed by atoms with E-state index in [1.54, 1.807) is 19.1 Å². The van der Waals surface area contributed by atoms with E-state index in [1.165, 1.54) is 6.07 Å². The molecule has 4 rings (SSSR count). The summed E-state index contributed by atoms with van der Waals surface area (Å²) in [6, 6.07) is 13.2. The Hall–Kier alpha value is -2.14. The maximum absolute atomic E-state index is 13.6. The molecule has 118 valence electrons. The van der Waals surface area contributed by atoms with Gasteiger partial charge < -0.3 is 10.1 Å². The molecule has 0 saturated carbocycles. The molecule has 1 N–H and O–H groups in total. The quantitative estimate of drug-likeness (QED) is 0.798. The number of fused-ring (bicyclic) bond motifs is 4. The lowest BCUT2D eigenvalue weighted by Gasteiger charge is -2.52. The van der Waals surface area contributed by atoms with Crippen molar-refractivity contribution in [1.82, 2.24) is 5.32 Å². The summed E-state index contributed by atoms with van der Waals surface area (Å²) in [5, 5.41) is 4.00. The predicted molar refractivity (Wildman–Crippen MR) is 92.2 cm³/mol. The molecular formula is C18H17FN2OS. The molecule has 2 atom stereocenters. The third-order valence-corrected chi connectivity index (χ3v) is 4.88. The maximum atomic E-state index is 13.6. The molecular weight excluding hydrogens is 311 g/mol. The molecule has 1 fully saturated rings. The highest BCUT2D eigenvalue weighted by atomic mass is 32.1. The molecule has 2 heterocycles. The molecule has 0 aromatic heterocycles. The standard InChI is InChI=1S/C18H17FN2OS/c1-11-9-12(7-8-14(11)19)21-17(23)20-15-10-18(21,2)22-16-6-4-3-5-13(15)16/h3-9,15H,10H2,1-2H3,(H,20,23)/t15-,18+/m0/s1. The van der Waals surface area contributed by atoms with Crippen LogP contribution in [0.15, 0.2) is 42.5 Å². The molecule has 0 amide bonds. The normalized spacial score (nSPS) is 25.4. The average Bonchev–Trinajstić information content (AvgIpc) is 2.50. The van der Waals surface area contributed by atoms with Gasteiger partial charge in [0.15, 0.2) is 10.8 Å². The van der Waals surface area contributed by atoms with Crippen LogP contribution >= 0.6 is 12.2 Å². The van der Waals surface area contributed by atoms with Gasteiger partial charge in [-0.2, -0.15) is 0 Å². The molecule has 2 aromatic rings. The first kappa shape index (κ1) is 14.5. The Morgan fingerprint density at radius 1 is 1.30 bits per heavy atom. The van der Waals surface area contributed by atoms with Gasteiger partial charge in [0.1, 0.15) is 11.6 Å². The van der Waals surface area contributed by atoms with Gasteiger partial charge in [-0.25, -0.2) is 4.39 Å². The SMILES string of the molecule is Cc1cc(N2C(=S)N[C@H]3C[C@@]2(C)Oc2ccccc23)ccc1F. The first-order valence-electron chi connectivity index (χ1n) is 7.63. The summed E-state index contributed by atoms with van der Waals surface area (Å²) in [5.74, 6) is 0.646. The van der Waals surface area contributed by atoms with Crippen LogP contribution in [0.2, 0.25) is 0 Å². The number of hydrogen-bond donors (Lipinski definition) is 1. The third-order valence-electron chi connectivity index (χ3n) is 4.58. The lowest BCUT2D eigenvalue weighted by molar-refractivity contribution is 0.0497. The van der Waals surface area contributed by atoms with Crippen molar-refractivity contribution >= 4 is 23.0 Å². The van der Waals surface area contributed by atoms with E-state index in [-0.39, 0.29) is 11.9 Å². The first-order chi connectivity index (χ1) is 11.0. The van der Waals surface area contributed by atoms with Crippen LogP contribution < -0.4 is 15.0 Å². The summed E-state index contributed by atoms with van der Waals surface area (Å²) >= 11 is 5.58. The zero-order valence-corrected chi connectivity index (χ0v) is 13.8. The molecule has 0 unspecified atom stereocenters. The zero-order chi connectivity index (χ0) is 16.2. The van der Waals surface area contributed by atoms with Gasteiger partial charge in [-0.15, -0.1) is 0 Å². The van der Waals surface area contributed by atoms with E-state index >= 15 is 0 Å². The van der Waals surface area contributed by atoms with Gasteiger partial charge >= 0.3 is 0 Å². The Labute approximate surface area is 140 Å². The molecule has 0 spiro atoms. The largest absolute Gasteiger partial charge is 0.467 e. The lowest BCUT2D eigenvalue weighted by Crippen LogP contribution is -2.65. The molecule has 0 radical (unpaired) electrons. The number of benzene rings is 2. The van der Waals surface area contributed by atoms with Gasteiger partial charge in [-0.1, -0.05) is 18.2 Å². The van der Waals surface area contributed by atoms with Gasteiger partial charge in [0.2, 0.25) is 0 Å².